The van der Waals surface area contributed by atoms with Gasteiger partial charge in [0.15, 0.2) is 0 Å². The van der Waals surface area contributed by atoms with Gasteiger partial charge in [0.1, 0.15) is 0 Å². The second-order valence-corrected chi connectivity index (χ2v) is 4.99. The first-order valence-electron chi connectivity index (χ1n) is 6.59. The lowest BCUT2D eigenvalue weighted by Gasteiger charge is -2.03. The number of aryl methyl sites for hydroxylation is 2. The third kappa shape index (κ3) is 2.18. The molecule has 2 aromatic carbocycles. The van der Waals surface area contributed by atoms with Crippen molar-refractivity contribution in [3.05, 3.63) is 82.5 Å². The topological polar surface area (TPSA) is 26.9 Å². The Hall–Kier alpha value is -2.55. The maximum atomic E-state index is 12.5. The third-order valence-electron chi connectivity index (χ3n) is 3.40. The molecule has 1 aromatic heterocycles. The zero-order valence-corrected chi connectivity index (χ0v) is 11.6. The molecule has 0 radical (unpaired) electrons. The zero-order valence-electron chi connectivity index (χ0n) is 11.6. The fourth-order valence-corrected chi connectivity index (χ4v) is 2.18. The number of rotatable bonds is 2. The number of hydrogen-bond donors (Lipinski definition) is 0. The average molecular weight is 264 g/mol. The highest BCUT2D eigenvalue weighted by Gasteiger charge is 2.06. The first-order valence-corrected chi connectivity index (χ1v) is 6.59. The molecule has 100 valence electrons. The third-order valence-corrected chi connectivity index (χ3v) is 3.40. The van der Waals surface area contributed by atoms with Gasteiger partial charge in [0.2, 0.25) is 0 Å². The van der Waals surface area contributed by atoms with Crippen LogP contribution in [0.5, 0.6) is 0 Å². The van der Waals surface area contributed by atoms with Gasteiger partial charge in [-0.3, -0.25) is 9.13 Å². The lowest BCUT2D eigenvalue weighted by atomic mass is 10.2. The van der Waals surface area contributed by atoms with Crippen molar-refractivity contribution in [1.82, 2.24) is 9.13 Å². The molecule has 0 N–H and O–H groups in total. The SMILES string of the molecule is Cc1ccc(-n2ccn(-c3ccc(C)cc3)c2=O)cc1. The van der Waals surface area contributed by atoms with Crippen molar-refractivity contribution in [2.24, 2.45) is 0 Å². The highest BCUT2D eigenvalue weighted by molar-refractivity contribution is 5.37. The number of benzene rings is 2. The maximum Gasteiger partial charge on any atom is 0.337 e. The van der Waals surface area contributed by atoms with Crippen LogP contribution in [0.3, 0.4) is 0 Å². The molecule has 3 rings (SSSR count). The van der Waals surface area contributed by atoms with Crippen LogP contribution in [0.2, 0.25) is 0 Å². The molecule has 0 amide bonds. The maximum absolute atomic E-state index is 12.5. The lowest BCUT2D eigenvalue weighted by Crippen LogP contribution is -2.21. The second kappa shape index (κ2) is 4.85. The minimum atomic E-state index is -0.0577. The number of nitrogens with zero attached hydrogens (tertiary/aromatic N) is 2. The van der Waals surface area contributed by atoms with Gasteiger partial charge < -0.3 is 0 Å². The quantitative estimate of drug-likeness (QED) is 0.698. The summed E-state index contributed by atoms with van der Waals surface area (Å²) >= 11 is 0. The minimum absolute atomic E-state index is 0.0577. The monoisotopic (exact) mass is 264 g/mol. The van der Waals surface area contributed by atoms with E-state index in [4.69, 9.17) is 0 Å². The number of imidazole rings is 1. The van der Waals surface area contributed by atoms with Crippen molar-refractivity contribution >= 4 is 0 Å². The molecule has 3 nitrogen and oxygen atoms in total. The van der Waals surface area contributed by atoms with E-state index in [1.165, 1.54) is 11.1 Å². The van der Waals surface area contributed by atoms with Crippen LogP contribution in [0.25, 0.3) is 11.4 Å². The predicted molar refractivity (Wildman–Crippen MR) is 80.8 cm³/mol. The van der Waals surface area contributed by atoms with E-state index in [0.717, 1.165) is 11.4 Å². The number of aromatic nitrogens is 2. The van der Waals surface area contributed by atoms with E-state index in [2.05, 4.69) is 0 Å². The van der Waals surface area contributed by atoms with Gasteiger partial charge in [-0.2, -0.15) is 0 Å². The smallest absolute Gasteiger partial charge is 0.268 e. The molecule has 1 heterocycles. The molecule has 3 aromatic rings. The summed E-state index contributed by atoms with van der Waals surface area (Å²) in [5.41, 5.74) is 4.06. The molecule has 0 bridgehead atoms. The summed E-state index contributed by atoms with van der Waals surface area (Å²) in [5.74, 6) is 0. The van der Waals surface area contributed by atoms with Crippen LogP contribution < -0.4 is 5.69 Å². The van der Waals surface area contributed by atoms with E-state index in [1.54, 1.807) is 21.5 Å². The van der Waals surface area contributed by atoms with E-state index in [1.807, 2.05) is 62.4 Å². The Morgan fingerprint density at radius 1 is 0.650 bits per heavy atom. The molecule has 0 saturated carbocycles. The molecule has 0 fully saturated rings. The van der Waals surface area contributed by atoms with E-state index < -0.39 is 0 Å². The van der Waals surface area contributed by atoms with Crippen LogP contribution >= 0.6 is 0 Å². The van der Waals surface area contributed by atoms with Crippen LogP contribution in [0.1, 0.15) is 11.1 Å². The Labute approximate surface area is 117 Å². The van der Waals surface area contributed by atoms with Crippen molar-refractivity contribution in [3.63, 3.8) is 0 Å². The molecular formula is C17H16N2O. The van der Waals surface area contributed by atoms with Gasteiger partial charge in [0.25, 0.3) is 0 Å². The fraction of sp³-hybridized carbons (Fsp3) is 0.118. The van der Waals surface area contributed by atoms with Crippen molar-refractivity contribution in [2.45, 2.75) is 13.8 Å². The summed E-state index contributed by atoms with van der Waals surface area (Å²) in [6, 6.07) is 15.8. The summed E-state index contributed by atoms with van der Waals surface area (Å²) in [6.45, 7) is 4.06. The molecule has 20 heavy (non-hydrogen) atoms. The van der Waals surface area contributed by atoms with Crippen LogP contribution in [-0.2, 0) is 0 Å². The molecule has 0 spiro atoms. The van der Waals surface area contributed by atoms with Crippen molar-refractivity contribution < 1.29 is 0 Å². The van der Waals surface area contributed by atoms with Crippen LogP contribution in [-0.4, -0.2) is 9.13 Å². The van der Waals surface area contributed by atoms with Crippen molar-refractivity contribution in [1.29, 1.82) is 0 Å². The highest BCUT2D eigenvalue weighted by atomic mass is 16.1. The van der Waals surface area contributed by atoms with Gasteiger partial charge in [-0.05, 0) is 38.1 Å². The van der Waals surface area contributed by atoms with E-state index in [-0.39, 0.29) is 5.69 Å². The summed E-state index contributed by atoms with van der Waals surface area (Å²) < 4.78 is 3.30. The normalized spacial score (nSPS) is 10.7. The highest BCUT2D eigenvalue weighted by Crippen LogP contribution is 2.10. The zero-order chi connectivity index (χ0) is 14.1. The molecular weight excluding hydrogens is 248 g/mol. The first kappa shape index (κ1) is 12.5. The lowest BCUT2D eigenvalue weighted by molar-refractivity contribution is 0.908. The van der Waals surface area contributed by atoms with Gasteiger partial charge in [0.05, 0.1) is 11.4 Å². The summed E-state index contributed by atoms with van der Waals surface area (Å²) in [4.78, 5) is 12.5. The van der Waals surface area contributed by atoms with Crippen molar-refractivity contribution in [3.8, 4) is 11.4 Å². The van der Waals surface area contributed by atoms with Crippen LogP contribution in [0, 0.1) is 13.8 Å². The molecule has 0 aliphatic carbocycles. The molecule has 0 aliphatic rings. The molecule has 0 atom stereocenters. The molecule has 0 unspecified atom stereocenters. The molecule has 3 heteroatoms. The standard InChI is InChI=1S/C17H16N2O/c1-13-3-7-15(8-4-13)18-11-12-19(17(18)20)16-9-5-14(2)6-10-16/h3-12H,1-2H3. The van der Waals surface area contributed by atoms with E-state index >= 15 is 0 Å². The average Bonchev–Trinajstić information content (AvgIpc) is 2.83. The summed E-state index contributed by atoms with van der Waals surface area (Å²) in [7, 11) is 0. The summed E-state index contributed by atoms with van der Waals surface area (Å²) in [5, 5.41) is 0. The summed E-state index contributed by atoms with van der Waals surface area (Å²) in [6.07, 6.45) is 3.60. The van der Waals surface area contributed by atoms with Gasteiger partial charge >= 0.3 is 5.69 Å². The Morgan fingerprint density at radius 3 is 1.35 bits per heavy atom. The fourth-order valence-electron chi connectivity index (χ4n) is 2.18. The first-order chi connectivity index (χ1) is 9.65. The second-order valence-electron chi connectivity index (χ2n) is 4.99. The van der Waals surface area contributed by atoms with Gasteiger partial charge in [-0.25, -0.2) is 4.79 Å². The molecule has 0 aliphatic heterocycles. The van der Waals surface area contributed by atoms with Crippen LogP contribution in [0.15, 0.2) is 65.7 Å². The Kier molecular flexibility index (Phi) is 3.03. The number of hydrogen-bond acceptors (Lipinski definition) is 1. The minimum Gasteiger partial charge on any atom is -0.268 e. The Morgan fingerprint density at radius 2 is 1.00 bits per heavy atom. The van der Waals surface area contributed by atoms with Gasteiger partial charge in [-0.1, -0.05) is 35.4 Å². The molecule has 0 saturated heterocycles. The predicted octanol–water partition coefficient (Wildman–Crippen LogP) is 3.25. The van der Waals surface area contributed by atoms with Gasteiger partial charge in [-0.15, -0.1) is 0 Å². The Balaban J connectivity index is 2.07. The van der Waals surface area contributed by atoms with E-state index in [0.29, 0.717) is 0 Å². The van der Waals surface area contributed by atoms with E-state index in [9.17, 15) is 4.79 Å². The van der Waals surface area contributed by atoms with Crippen molar-refractivity contribution in [2.75, 3.05) is 0 Å². The largest absolute Gasteiger partial charge is 0.337 e. The van der Waals surface area contributed by atoms with Gasteiger partial charge in [0, 0.05) is 12.4 Å². The Bertz CT molecular complexity index is 711. The van der Waals surface area contributed by atoms with Crippen LogP contribution in [0.4, 0.5) is 0 Å².